The van der Waals surface area contributed by atoms with Crippen molar-refractivity contribution in [1.82, 2.24) is 0 Å². The standard InChI is InChI=1S/C16H26O5/c17-12-9-13(20-15-5-1-3-7-18-15)11-14(10-12)21-16-6-2-4-8-19-16/h13-16H,1-11H2/t13-,14-,15?,16?/m0/s1. The van der Waals surface area contributed by atoms with E-state index in [4.69, 9.17) is 18.9 Å². The average molecular weight is 298 g/mol. The van der Waals surface area contributed by atoms with E-state index in [-0.39, 0.29) is 30.6 Å². The van der Waals surface area contributed by atoms with Crippen LogP contribution in [0.2, 0.25) is 0 Å². The number of hydrogen-bond acceptors (Lipinski definition) is 5. The zero-order valence-electron chi connectivity index (χ0n) is 12.6. The smallest absolute Gasteiger partial charge is 0.157 e. The molecule has 0 radical (unpaired) electrons. The first-order chi connectivity index (χ1) is 10.3. The van der Waals surface area contributed by atoms with Crippen molar-refractivity contribution < 1.29 is 23.7 Å². The normalized spacial score (nSPS) is 38.4. The first kappa shape index (κ1) is 15.4. The van der Waals surface area contributed by atoms with Crippen molar-refractivity contribution in [2.75, 3.05) is 13.2 Å². The minimum absolute atomic E-state index is 0.0667. The highest BCUT2D eigenvalue weighted by molar-refractivity contribution is 5.80. The van der Waals surface area contributed by atoms with Gasteiger partial charge in [-0.2, -0.15) is 0 Å². The van der Waals surface area contributed by atoms with Gasteiger partial charge in [-0.25, -0.2) is 0 Å². The van der Waals surface area contributed by atoms with Gasteiger partial charge in [0.15, 0.2) is 12.6 Å². The van der Waals surface area contributed by atoms with E-state index in [0.717, 1.165) is 58.2 Å². The first-order valence-electron chi connectivity index (χ1n) is 8.35. The summed E-state index contributed by atoms with van der Waals surface area (Å²) in [5, 5.41) is 0. The fourth-order valence-corrected chi connectivity index (χ4v) is 3.32. The molecule has 0 aromatic heterocycles. The Morgan fingerprint density at radius 1 is 0.810 bits per heavy atom. The molecular formula is C16H26O5. The maximum atomic E-state index is 11.9. The van der Waals surface area contributed by atoms with Crippen LogP contribution < -0.4 is 0 Å². The fraction of sp³-hybridized carbons (Fsp3) is 0.938. The monoisotopic (exact) mass is 298 g/mol. The van der Waals surface area contributed by atoms with E-state index in [1.807, 2.05) is 0 Å². The lowest BCUT2D eigenvalue weighted by atomic mass is 9.93. The second-order valence-corrected chi connectivity index (χ2v) is 6.29. The van der Waals surface area contributed by atoms with Crippen LogP contribution in [-0.2, 0) is 23.7 Å². The van der Waals surface area contributed by atoms with Crippen molar-refractivity contribution in [2.24, 2.45) is 0 Å². The Kier molecular flexibility index (Phi) is 5.63. The Balaban J connectivity index is 1.47. The highest BCUT2D eigenvalue weighted by Gasteiger charge is 2.32. The molecule has 21 heavy (non-hydrogen) atoms. The Hall–Kier alpha value is -0.490. The van der Waals surface area contributed by atoms with Gasteiger partial charge in [-0.05, 0) is 38.5 Å². The molecule has 2 aliphatic heterocycles. The summed E-state index contributed by atoms with van der Waals surface area (Å²) < 4.78 is 23.1. The third kappa shape index (κ3) is 4.74. The van der Waals surface area contributed by atoms with E-state index in [1.165, 1.54) is 0 Å². The molecule has 1 aliphatic carbocycles. The van der Waals surface area contributed by atoms with Gasteiger partial charge in [-0.1, -0.05) is 0 Å². The van der Waals surface area contributed by atoms with Crippen LogP contribution in [0.15, 0.2) is 0 Å². The zero-order valence-corrected chi connectivity index (χ0v) is 12.6. The number of carbonyl (C=O) groups is 1. The van der Waals surface area contributed by atoms with Crippen molar-refractivity contribution in [3.8, 4) is 0 Å². The number of ether oxygens (including phenoxy) is 4. The van der Waals surface area contributed by atoms with E-state index in [0.29, 0.717) is 12.8 Å². The number of Topliss-reactive ketones (excluding diaryl/α,β-unsaturated/α-hetero) is 1. The highest BCUT2D eigenvalue weighted by Crippen LogP contribution is 2.27. The Bertz CT molecular complexity index is 304. The molecule has 3 fully saturated rings. The van der Waals surface area contributed by atoms with Crippen LogP contribution >= 0.6 is 0 Å². The van der Waals surface area contributed by atoms with Gasteiger partial charge in [-0.3, -0.25) is 4.79 Å². The molecule has 1 saturated carbocycles. The predicted molar refractivity (Wildman–Crippen MR) is 75.8 cm³/mol. The summed E-state index contributed by atoms with van der Waals surface area (Å²) in [7, 11) is 0. The number of rotatable bonds is 4. The largest absolute Gasteiger partial charge is 0.353 e. The molecule has 2 unspecified atom stereocenters. The van der Waals surface area contributed by atoms with Crippen LogP contribution in [0.3, 0.4) is 0 Å². The van der Waals surface area contributed by atoms with E-state index in [2.05, 4.69) is 0 Å². The maximum absolute atomic E-state index is 11.9. The highest BCUT2D eigenvalue weighted by atomic mass is 16.7. The molecule has 5 heteroatoms. The molecule has 0 spiro atoms. The number of ketones is 1. The van der Waals surface area contributed by atoms with Gasteiger partial charge >= 0.3 is 0 Å². The minimum Gasteiger partial charge on any atom is -0.353 e. The maximum Gasteiger partial charge on any atom is 0.157 e. The molecule has 0 aromatic rings. The van der Waals surface area contributed by atoms with Crippen molar-refractivity contribution in [1.29, 1.82) is 0 Å². The van der Waals surface area contributed by atoms with E-state index in [1.54, 1.807) is 0 Å². The van der Waals surface area contributed by atoms with Crippen LogP contribution in [0.25, 0.3) is 0 Å². The van der Waals surface area contributed by atoms with Gasteiger partial charge in [0.25, 0.3) is 0 Å². The van der Waals surface area contributed by atoms with Gasteiger partial charge in [0, 0.05) is 32.5 Å². The molecule has 0 amide bonds. The van der Waals surface area contributed by atoms with Gasteiger partial charge < -0.3 is 18.9 Å². The topological polar surface area (TPSA) is 54.0 Å². The first-order valence-corrected chi connectivity index (χ1v) is 8.35. The lowest BCUT2D eigenvalue weighted by molar-refractivity contribution is -0.221. The summed E-state index contributed by atoms with van der Waals surface area (Å²) in [5.74, 6) is 0.225. The van der Waals surface area contributed by atoms with Crippen molar-refractivity contribution in [3.05, 3.63) is 0 Å². The lowest BCUT2D eigenvalue weighted by Gasteiger charge is -2.34. The third-order valence-corrected chi connectivity index (χ3v) is 4.40. The summed E-state index contributed by atoms with van der Waals surface area (Å²) in [6, 6.07) is 0. The second-order valence-electron chi connectivity index (χ2n) is 6.29. The van der Waals surface area contributed by atoms with Crippen molar-refractivity contribution in [2.45, 2.75) is 82.6 Å². The fourth-order valence-electron chi connectivity index (χ4n) is 3.32. The molecule has 3 aliphatic rings. The second kappa shape index (κ2) is 7.68. The molecule has 2 saturated heterocycles. The third-order valence-electron chi connectivity index (χ3n) is 4.40. The summed E-state index contributed by atoms with van der Waals surface area (Å²) in [6.45, 7) is 1.53. The number of hydrogen-bond donors (Lipinski definition) is 0. The van der Waals surface area contributed by atoms with Gasteiger partial charge in [-0.15, -0.1) is 0 Å². The molecule has 0 N–H and O–H groups in total. The zero-order chi connectivity index (χ0) is 14.5. The Morgan fingerprint density at radius 3 is 1.76 bits per heavy atom. The molecule has 120 valence electrons. The average Bonchev–Trinajstić information content (AvgIpc) is 2.48. The van der Waals surface area contributed by atoms with Crippen LogP contribution in [0, 0.1) is 0 Å². The van der Waals surface area contributed by atoms with Gasteiger partial charge in [0.2, 0.25) is 0 Å². The Morgan fingerprint density at radius 2 is 1.33 bits per heavy atom. The van der Waals surface area contributed by atoms with Crippen LogP contribution in [0.4, 0.5) is 0 Å². The van der Waals surface area contributed by atoms with Crippen molar-refractivity contribution >= 4 is 5.78 Å². The van der Waals surface area contributed by atoms with Crippen LogP contribution in [-0.4, -0.2) is 43.8 Å². The predicted octanol–water partition coefficient (Wildman–Crippen LogP) is 2.56. The lowest BCUT2D eigenvalue weighted by Crippen LogP contribution is -2.39. The minimum atomic E-state index is -0.138. The summed E-state index contributed by atoms with van der Waals surface area (Å²) >= 11 is 0. The SMILES string of the molecule is O=C1C[C@H](OC2CCCCO2)C[C@@H](OC2CCCCO2)C1. The quantitative estimate of drug-likeness (QED) is 0.798. The van der Waals surface area contributed by atoms with Crippen LogP contribution in [0.5, 0.6) is 0 Å². The molecular weight excluding hydrogens is 272 g/mol. The summed E-state index contributed by atoms with van der Waals surface area (Å²) in [5.41, 5.74) is 0. The molecule has 0 bridgehead atoms. The molecule has 4 atom stereocenters. The molecule has 5 nitrogen and oxygen atoms in total. The summed E-state index contributed by atoms with van der Waals surface area (Å²) in [4.78, 5) is 11.9. The molecule has 0 aromatic carbocycles. The van der Waals surface area contributed by atoms with Gasteiger partial charge in [0.1, 0.15) is 5.78 Å². The van der Waals surface area contributed by atoms with E-state index < -0.39 is 0 Å². The van der Waals surface area contributed by atoms with Gasteiger partial charge in [0.05, 0.1) is 12.2 Å². The van der Waals surface area contributed by atoms with Crippen molar-refractivity contribution in [3.63, 3.8) is 0 Å². The number of carbonyl (C=O) groups excluding carboxylic acids is 1. The Labute approximate surface area is 126 Å². The van der Waals surface area contributed by atoms with E-state index >= 15 is 0 Å². The molecule has 2 heterocycles. The van der Waals surface area contributed by atoms with E-state index in [9.17, 15) is 4.79 Å². The molecule has 3 rings (SSSR count). The summed E-state index contributed by atoms with van der Waals surface area (Å²) in [6.07, 6.45) is 7.70. The van der Waals surface area contributed by atoms with Crippen LogP contribution in [0.1, 0.15) is 57.8 Å².